The third-order valence-electron chi connectivity index (χ3n) is 9.87. The maximum atomic E-state index is 15.2. The van der Waals surface area contributed by atoms with Crippen molar-refractivity contribution < 1.29 is 9.13 Å². The van der Waals surface area contributed by atoms with Crippen molar-refractivity contribution in [3.63, 3.8) is 0 Å². The lowest BCUT2D eigenvalue weighted by Gasteiger charge is -2.36. The zero-order valence-corrected chi connectivity index (χ0v) is 22.7. The molecule has 0 spiro atoms. The van der Waals surface area contributed by atoms with E-state index in [0.717, 1.165) is 53.7 Å². The van der Waals surface area contributed by atoms with E-state index in [2.05, 4.69) is 44.2 Å². The average Bonchev–Trinajstić information content (AvgIpc) is 2.93. The van der Waals surface area contributed by atoms with Crippen LogP contribution in [-0.4, -0.2) is 6.10 Å². The molecule has 2 heteroatoms. The fourth-order valence-electron chi connectivity index (χ4n) is 7.39. The monoisotopic (exact) mass is 490 g/mol. The van der Waals surface area contributed by atoms with Crippen LogP contribution in [0.3, 0.4) is 0 Å². The Hall–Kier alpha value is -1.83. The van der Waals surface area contributed by atoms with Crippen LogP contribution in [0.25, 0.3) is 11.1 Å². The number of hydrogen-bond acceptors (Lipinski definition) is 1. The van der Waals surface area contributed by atoms with Crippen LogP contribution >= 0.6 is 0 Å². The molecule has 0 amide bonds. The average molecular weight is 491 g/mol. The lowest BCUT2D eigenvalue weighted by Crippen LogP contribution is -2.34. The molecule has 0 aromatic heterocycles. The lowest BCUT2D eigenvalue weighted by molar-refractivity contribution is 0.0726. The van der Waals surface area contributed by atoms with Crippen molar-refractivity contribution >= 4 is 0 Å². The normalized spacial score (nSPS) is 28.4. The Bertz CT molecular complexity index is 963. The van der Waals surface area contributed by atoms with Gasteiger partial charge in [-0.15, -0.1) is 0 Å². The summed E-state index contributed by atoms with van der Waals surface area (Å²) in [5, 5.41) is 0. The Morgan fingerprint density at radius 2 is 1.42 bits per heavy atom. The van der Waals surface area contributed by atoms with Gasteiger partial charge in [0.15, 0.2) is 11.6 Å². The molecule has 1 aliphatic heterocycles. The van der Waals surface area contributed by atoms with Gasteiger partial charge in [0.2, 0.25) is 0 Å². The van der Waals surface area contributed by atoms with Crippen molar-refractivity contribution in [2.75, 3.05) is 0 Å². The number of fused-ring (bicyclic) bond motifs is 1. The number of benzene rings is 2. The van der Waals surface area contributed by atoms with Crippen molar-refractivity contribution in [2.24, 2.45) is 23.7 Å². The molecule has 1 atom stereocenters. The van der Waals surface area contributed by atoms with Gasteiger partial charge in [0.05, 0.1) is 0 Å². The van der Waals surface area contributed by atoms with Crippen molar-refractivity contribution in [1.29, 1.82) is 0 Å². The fraction of sp³-hybridized carbons (Fsp3) is 0.647. The largest absolute Gasteiger partial charge is 0.487 e. The molecule has 36 heavy (non-hydrogen) atoms. The van der Waals surface area contributed by atoms with E-state index in [-0.39, 0.29) is 11.9 Å². The summed E-state index contributed by atoms with van der Waals surface area (Å²) in [7, 11) is 0. The molecule has 0 radical (unpaired) electrons. The van der Waals surface area contributed by atoms with Gasteiger partial charge in [-0.2, -0.15) is 0 Å². The molecule has 196 valence electrons. The van der Waals surface area contributed by atoms with Gasteiger partial charge in [-0.3, -0.25) is 0 Å². The Morgan fingerprint density at radius 3 is 2.08 bits per heavy atom. The van der Waals surface area contributed by atoms with Gasteiger partial charge in [0.25, 0.3) is 0 Å². The summed E-state index contributed by atoms with van der Waals surface area (Å²) >= 11 is 0. The zero-order chi connectivity index (χ0) is 24.9. The number of halogens is 1. The summed E-state index contributed by atoms with van der Waals surface area (Å²) in [5.41, 5.74) is 4.56. The van der Waals surface area contributed by atoms with Crippen molar-refractivity contribution in [3.05, 3.63) is 53.3 Å². The molecule has 1 heterocycles. The Kier molecular flexibility index (Phi) is 8.70. The minimum atomic E-state index is -0.183. The second-order valence-corrected chi connectivity index (χ2v) is 12.2. The summed E-state index contributed by atoms with van der Waals surface area (Å²) in [6.45, 7) is 4.62. The highest BCUT2D eigenvalue weighted by molar-refractivity contribution is 5.66. The van der Waals surface area contributed by atoms with Crippen LogP contribution in [0, 0.1) is 29.5 Å². The van der Waals surface area contributed by atoms with Gasteiger partial charge in [-0.25, -0.2) is 4.39 Å². The summed E-state index contributed by atoms with van der Waals surface area (Å²) in [6, 6.07) is 12.8. The van der Waals surface area contributed by atoms with Gasteiger partial charge in [-0.05, 0) is 96.6 Å². The molecule has 5 rings (SSSR count). The van der Waals surface area contributed by atoms with Crippen LogP contribution in [-0.2, 0) is 12.8 Å². The standard InChI is InChI=1S/C34H47FO/c1-3-5-25-6-8-26(9-7-25)10-11-27-14-16-28(17-15-27)31-22-30-20-21-33(36-34(30)32(35)23-31)29-18-12-24(4-2)13-19-29/h14-17,22-26,29,33H,3-13,18-21H2,1-2H3. The third kappa shape index (κ3) is 6.17. The summed E-state index contributed by atoms with van der Waals surface area (Å²) < 4.78 is 21.5. The highest BCUT2D eigenvalue weighted by atomic mass is 19.1. The van der Waals surface area contributed by atoms with Crippen LogP contribution in [0.5, 0.6) is 5.75 Å². The number of rotatable bonds is 8. The SMILES string of the molecule is CCCC1CCC(CCc2ccc(-c3cc(F)c4c(c3)CCC(C3CCC(CC)CC3)O4)cc2)CC1. The van der Waals surface area contributed by atoms with E-state index in [9.17, 15) is 0 Å². The summed E-state index contributed by atoms with van der Waals surface area (Å²) in [6.07, 6.45) is 19.5. The molecule has 2 aliphatic carbocycles. The second kappa shape index (κ2) is 12.1. The van der Waals surface area contributed by atoms with Crippen LogP contribution in [0.15, 0.2) is 36.4 Å². The minimum absolute atomic E-state index is 0.183. The first kappa shape index (κ1) is 25.8. The van der Waals surface area contributed by atoms with Crippen LogP contribution in [0.2, 0.25) is 0 Å². The zero-order valence-electron chi connectivity index (χ0n) is 22.7. The molecule has 0 N–H and O–H groups in total. The molecule has 3 aliphatic rings. The number of aryl methyl sites for hydroxylation is 2. The smallest absolute Gasteiger partial charge is 0.165 e. The third-order valence-corrected chi connectivity index (χ3v) is 9.87. The van der Waals surface area contributed by atoms with Crippen LogP contribution in [0.4, 0.5) is 4.39 Å². The number of hydrogen-bond donors (Lipinski definition) is 0. The van der Waals surface area contributed by atoms with Crippen molar-refractivity contribution in [2.45, 2.75) is 116 Å². The van der Waals surface area contributed by atoms with E-state index in [4.69, 9.17) is 4.74 Å². The van der Waals surface area contributed by atoms with Gasteiger partial charge >= 0.3 is 0 Å². The second-order valence-electron chi connectivity index (χ2n) is 12.2. The molecular weight excluding hydrogens is 443 g/mol. The number of ether oxygens (including phenoxy) is 1. The topological polar surface area (TPSA) is 9.23 Å². The molecule has 2 saturated carbocycles. The van der Waals surface area contributed by atoms with Gasteiger partial charge < -0.3 is 4.74 Å². The maximum Gasteiger partial charge on any atom is 0.165 e. The predicted molar refractivity (Wildman–Crippen MR) is 149 cm³/mol. The molecule has 2 fully saturated rings. The first-order chi connectivity index (χ1) is 17.6. The Balaban J connectivity index is 1.17. The summed E-state index contributed by atoms with van der Waals surface area (Å²) in [4.78, 5) is 0. The molecule has 0 saturated heterocycles. The highest BCUT2D eigenvalue weighted by Crippen LogP contribution is 2.41. The van der Waals surface area contributed by atoms with Crippen molar-refractivity contribution in [1.82, 2.24) is 0 Å². The van der Waals surface area contributed by atoms with Crippen LogP contribution < -0.4 is 4.74 Å². The maximum absolute atomic E-state index is 15.2. The van der Waals surface area contributed by atoms with E-state index in [1.807, 2.05) is 0 Å². The molecule has 1 unspecified atom stereocenters. The Labute approximate surface area is 219 Å². The highest BCUT2D eigenvalue weighted by Gasteiger charge is 2.32. The molecular formula is C34H47FO. The Morgan fingerprint density at radius 1 is 0.750 bits per heavy atom. The predicted octanol–water partition coefficient (Wildman–Crippen LogP) is 9.94. The lowest BCUT2D eigenvalue weighted by atomic mass is 9.77. The molecule has 1 nitrogen and oxygen atoms in total. The van der Waals surface area contributed by atoms with Gasteiger partial charge in [-0.1, -0.05) is 95.9 Å². The van der Waals surface area contributed by atoms with Gasteiger partial charge in [0.1, 0.15) is 6.10 Å². The first-order valence-electron chi connectivity index (χ1n) is 15.2. The molecule has 0 bridgehead atoms. The minimum Gasteiger partial charge on any atom is -0.487 e. The fourth-order valence-corrected chi connectivity index (χ4v) is 7.39. The van der Waals surface area contributed by atoms with E-state index in [0.29, 0.717) is 11.7 Å². The molecule has 2 aromatic rings. The molecule has 2 aromatic carbocycles. The van der Waals surface area contributed by atoms with E-state index >= 15 is 4.39 Å². The van der Waals surface area contributed by atoms with E-state index < -0.39 is 0 Å². The summed E-state index contributed by atoms with van der Waals surface area (Å²) in [5.74, 6) is 3.71. The van der Waals surface area contributed by atoms with E-state index in [1.165, 1.54) is 82.6 Å². The van der Waals surface area contributed by atoms with Gasteiger partial charge in [0, 0.05) is 0 Å². The first-order valence-corrected chi connectivity index (χ1v) is 15.2. The van der Waals surface area contributed by atoms with Crippen molar-refractivity contribution in [3.8, 4) is 16.9 Å². The van der Waals surface area contributed by atoms with E-state index in [1.54, 1.807) is 6.07 Å². The quantitative estimate of drug-likeness (QED) is 0.358. The van der Waals surface area contributed by atoms with Crippen LogP contribution in [0.1, 0.15) is 108 Å².